The molecular formula is C43H45O8P. The highest BCUT2D eigenvalue weighted by Crippen LogP contribution is 2.72. The topological polar surface area (TPSA) is 73.8 Å². The molecule has 7 rings (SSSR count). The average molecular weight is 721 g/mol. The van der Waals surface area contributed by atoms with Crippen molar-refractivity contribution < 1.29 is 37.9 Å². The third-order valence-corrected chi connectivity index (χ3v) is 13.4. The average Bonchev–Trinajstić information content (AvgIpc) is 3.66. The zero-order valence-electron chi connectivity index (χ0n) is 30.5. The molecule has 0 aromatic heterocycles. The summed E-state index contributed by atoms with van der Waals surface area (Å²) in [5.74, 6) is 3.13. The predicted molar refractivity (Wildman–Crippen MR) is 205 cm³/mol. The Kier molecular flexibility index (Phi) is 10.6. The molecule has 0 N–H and O–H groups in total. The van der Waals surface area contributed by atoms with E-state index in [0.717, 1.165) is 27.6 Å². The van der Waals surface area contributed by atoms with Gasteiger partial charge >= 0.3 is 0 Å². The molecule has 8 nitrogen and oxygen atoms in total. The zero-order chi connectivity index (χ0) is 36.2. The maximum atomic E-state index is 6.58. The summed E-state index contributed by atoms with van der Waals surface area (Å²) in [4.78, 5) is 0. The maximum absolute atomic E-state index is 6.58. The van der Waals surface area contributed by atoms with Gasteiger partial charge in [0.2, 0.25) is 0 Å². The van der Waals surface area contributed by atoms with Crippen LogP contribution in [0.1, 0.15) is 35.3 Å². The van der Waals surface area contributed by atoms with E-state index < -0.39 is 13.7 Å². The lowest BCUT2D eigenvalue weighted by Gasteiger charge is -2.48. The smallest absolute Gasteiger partial charge is 0.170 e. The molecule has 0 amide bonds. The van der Waals surface area contributed by atoms with Crippen molar-refractivity contribution in [1.29, 1.82) is 0 Å². The molecule has 2 fully saturated rings. The van der Waals surface area contributed by atoms with Gasteiger partial charge in [-0.05, 0) is 27.6 Å². The van der Waals surface area contributed by atoms with Crippen LogP contribution in [0.25, 0.3) is 22.3 Å². The quantitative estimate of drug-likeness (QED) is 0.125. The SMILES string of the molecule is COc1cc(OC)c(-c2cccc(-c3c(OC)cc(OC)cc3OC)c2P2C(c3ccccc3)CC3(CC2c2ccccc2)OCCO3)c(OC)c1. The van der Waals surface area contributed by atoms with E-state index in [2.05, 4.69) is 78.9 Å². The highest BCUT2D eigenvalue weighted by molar-refractivity contribution is 7.67. The van der Waals surface area contributed by atoms with Gasteiger partial charge in [-0.3, -0.25) is 0 Å². The van der Waals surface area contributed by atoms with Gasteiger partial charge in [-0.25, -0.2) is 0 Å². The van der Waals surface area contributed by atoms with E-state index in [-0.39, 0.29) is 11.3 Å². The van der Waals surface area contributed by atoms with Crippen molar-refractivity contribution >= 4 is 13.2 Å². The molecule has 1 spiro atoms. The summed E-state index contributed by atoms with van der Waals surface area (Å²) >= 11 is 0. The summed E-state index contributed by atoms with van der Waals surface area (Å²) in [6, 6.07) is 35.7. The Morgan fingerprint density at radius 1 is 0.500 bits per heavy atom. The monoisotopic (exact) mass is 720 g/mol. The van der Waals surface area contributed by atoms with Crippen LogP contribution in [0, 0.1) is 0 Å². The lowest BCUT2D eigenvalue weighted by atomic mass is 9.95. The summed E-state index contributed by atoms with van der Waals surface area (Å²) in [5, 5.41) is 1.16. The van der Waals surface area contributed by atoms with E-state index in [1.165, 1.54) is 11.1 Å². The summed E-state index contributed by atoms with van der Waals surface area (Å²) in [6.07, 6.45) is 1.40. The second-order valence-corrected chi connectivity index (χ2v) is 15.3. The number of benzene rings is 5. The molecule has 52 heavy (non-hydrogen) atoms. The van der Waals surface area contributed by atoms with Crippen molar-refractivity contribution in [2.75, 3.05) is 55.9 Å². The van der Waals surface area contributed by atoms with Crippen molar-refractivity contribution in [3.05, 3.63) is 114 Å². The van der Waals surface area contributed by atoms with Gasteiger partial charge in [-0.1, -0.05) is 86.8 Å². The molecule has 9 heteroatoms. The van der Waals surface area contributed by atoms with Crippen LogP contribution in [0.5, 0.6) is 34.5 Å². The number of hydrogen-bond donors (Lipinski definition) is 0. The van der Waals surface area contributed by atoms with Crippen molar-refractivity contribution in [3.8, 4) is 56.8 Å². The van der Waals surface area contributed by atoms with E-state index in [9.17, 15) is 0 Å². The summed E-state index contributed by atoms with van der Waals surface area (Å²) in [6.45, 7) is 1.15. The van der Waals surface area contributed by atoms with Crippen LogP contribution in [-0.2, 0) is 9.47 Å². The third kappa shape index (κ3) is 6.56. The summed E-state index contributed by atoms with van der Waals surface area (Å²) in [7, 11) is 8.90. The van der Waals surface area contributed by atoms with Crippen LogP contribution in [0.15, 0.2) is 103 Å². The van der Waals surface area contributed by atoms with Crippen molar-refractivity contribution in [2.24, 2.45) is 0 Å². The van der Waals surface area contributed by atoms with E-state index in [1.807, 2.05) is 24.3 Å². The molecule has 2 atom stereocenters. The number of rotatable bonds is 11. The molecule has 5 aromatic rings. The standard InChI is InChI=1S/C43H45O8P/c1-44-30-22-34(46-3)40(35(23-30)47-4)32-18-13-19-33(41-36(48-5)24-31(45-2)25-37(41)49-6)42(32)52-38(28-14-9-7-10-15-28)26-43(50-20-21-51-43)27-39(52)29-16-11-8-12-17-29/h7-19,22-25,38-39H,20-21,26-27H2,1-6H3. The Labute approximate surface area is 307 Å². The van der Waals surface area contributed by atoms with Gasteiger partial charge in [0.05, 0.1) is 67.0 Å². The Morgan fingerprint density at radius 2 is 0.885 bits per heavy atom. The fraction of sp³-hybridized carbons (Fsp3) is 0.302. The second kappa shape index (κ2) is 15.5. The molecule has 270 valence electrons. The van der Waals surface area contributed by atoms with E-state index >= 15 is 0 Å². The Morgan fingerprint density at radius 3 is 1.23 bits per heavy atom. The first-order chi connectivity index (χ1) is 25.5. The first kappa shape index (κ1) is 35.6. The Bertz CT molecular complexity index is 1810. The minimum atomic E-state index is -1.11. The Hall–Kier alpha value is -4.75. The molecule has 2 aliphatic heterocycles. The van der Waals surface area contributed by atoms with Crippen LogP contribution in [0.3, 0.4) is 0 Å². The van der Waals surface area contributed by atoms with Gasteiger partial charge in [0.1, 0.15) is 34.5 Å². The van der Waals surface area contributed by atoms with Crippen molar-refractivity contribution in [1.82, 2.24) is 0 Å². The van der Waals surface area contributed by atoms with Crippen molar-refractivity contribution in [3.63, 3.8) is 0 Å². The number of ether oxygens (including phenoxy) is 8. The summed E-state index contributed by atoms with van der Waals surface area (Å²) in [5.41, 5.74) is 6.20. The molecule has 0 radical (unpaired) electrons. The Balaban J connectivity index is 1.62. The van der Waals surface area contributed by atoms with Gasteiger partial charge in [0.25, 0.3) is 0 Å². The van der Waals surface area contributed by atoms with Gasteiger partial charge in [-0.15, -0.1) is 0 Å². The molecule has 2 saturated heterocycles. The molecule has 2 aliphatic rings. The third-order valence-electron chi connectivity index (χ3n) is 10.1. The van der Waals surface area contributed by atoms with Crippen LogP contribution in [0.2, 0.25) is 0 Å². The lowest BCUT2D eigenvalue weighted by Crippen LogP contribution is -2.39. The molecule has 0 aliphatic carbocycles. The molecule has 2 heterocycles. The first-order valence-electron chi connectivity index (χ1n) is 17.4. The predicted octanol–water partition coefficient (Wildman–Crippen LogP) is 9.20. The maximum Gasteiger partial charge on any atom is 0.170 e. The lowest BCUT2D eigenvalue weighted by molar-refractivity contribution is -0.170. The highest BCUT2D eigenvalue weighted by atomic mass is 31.1. The van der Waals surface area contributed by atoms with Crippen molar-refractivity contribution in [2.45, 2.75) is 29.9 Å². The minimum Gasteiger partial charge on any atom is -0.496 e. The van der Waals surface area contributed by atoms with E-state index in [4.69, 9.17) is 37.9 Å². The highest BCUT2D eigenvalue weighted by Gasteiger charge is 2.52. The molecule has 2 unspecified atom stereocenters. The molecular weight excluding hydrogens is 675 g/mol. The molecule has 0 bridgehead atoms. The van der Waals surface area contributed by atoms with Gasteiger partial charge in [0.15, 0.2) is 5.79 Å². The van der Waals surface area contributed by atoms with Crippen LogP contribution in [0.4, 0.5) is 0 Å². The normalized spacial score (nSPS) is 19.2. The largest absolute Gasteiger partial charge is 0.496 e. The summed E-state index contributed by atoms with van der Waals surface area (Å²) < 4.78 is 49.1. The number of methoxy groups -OCH3 is 6. The fourth-order valence-electron chi connectivity index (χ4n) is 7.81. The van der Waals surface area contributed by atoms with E-state index in [0.29, 0.717) is 60.6 Å². The van der Waals surface area contributed by atoms with Crippen LogP contribution in [-0.4, -0.2) is 61.7 Å². The minimum absolute atomic E-state index is 0.0404. The van der Waals surface area contributed by atoms with Crippen LogP contribution < -0.4 is 33.7 Å². The zero-order valence-corrected chi connectivity index (χ0v) is 31.4. The number of hydrogen-bond acceptors (Lipinski definition) is 8. The molecule has 5 aromatic carbocycles. The van der Waals surface area contributed by atoms with Gasteiger partial charge in [-0.2, -0.15) is 0 Å². The van der Waals surface area contributed by atoms with E-state index in [1.54, 1.807) is 42.7 Å². The molecule has 0 saturated carbocycles. The first-order valence-corrected chi connectivity index (χ1v) is 18.9. The fourth-order valence-corrected chi connectivity index (χ4v) is 11.7. The second-order valence-electron chi connectivity index (χ2n) is 12.8. The van der Waals surface area contributed by atoms with Crippen LogP contribution >= 0.6 is 7.92 Å². The van der Waals surface area contributed by atoms with Gasteiger partial charge < -0.3 is 37.9 Å². The van der Waals surface area contributed by atoms with Gasteiger partial charge in [0, 0.05) is 48.4 Å².